The minimum absolute atomic E-state index is 0.0925. The summed E-state index contributed by atoms with van der Waals surface area (Å²) in [5.74, 6) is 1.75. The molecule has 2 aromatic rings. The molecule has 0 unspecified atom stereocenters. The number of aryl methyl sites for hydroxylation is 1. The number of nitrogens with one attached hydrogen (secondary N) is 2. The van der Waals surface area contributed by atoms with Gasteiger partial charge in [-0.1, -0.05) is 56.9 Å². The molecule has 2 aliphatic rings. The fourth-order valence-corrected chi connectivity index (χ4v) is 7.24. The Labute approximate surface area is 205 Å². The van der Waals surface area contributed by atoms with Crippen molar-refractivity contribution in [2.75, 3.05) is 13.7 Å². The Morgan fingerprint density at radius 3 is 2.50 bits per heavy atom. The summed E-state index contributed by atoms with van der Waals surface area (Å²) in [5.41, 5.74) is 2.81. The highest BCUT2D eigenvalue weighted by Crippen LogP contribution is 2.37. The van der Waals surface area contributed by atoms with Crippen LogP contribution in [0.15, 0.2) is 53.4 Å². The summed E-state index contributed by atoms with van der Waals surface area (Å²) in [6.07, 6.45) is 10.1. The first kappa shape index (κ1) is 25.2. The summed E-state index contributed by atoms with van der Waals surface area (Å²) in [6.45, 7) is 2.92. The largest absolute Gasteiger partial charge is 0.497 e. The predicted molar refractivity (Wildman–Crippen MR) is 138 cm³/mol. The number of benzene rings is 2. The molecule has 2 N–H and O–H groups in total. The average molecular weight is 485 g/mol. The minimum Gasteiger partial charge on any atom is -0.497 e. The Morgan fingerprint density at radius 2 is 1.79 bits per heavy atom. The molecule has 3 atom stereocenters. The molecule has 0 bridgehead atoms. The number of rotatable bonds is 10. The third-order valence-corrected chi connectivity index (χ3v) is 9.24. The van der Waals surface area contributed by atoms with Gasteiger partial charge in [-0.3, -0.25) is 0 Å². The van der Waals surface area contributed by atoms with E-state index in [2.05, 4.69) is 35.2 Å². The van der Waals surface area contributed by atoms with Gasteiger partial charge in [-0.25, -0.2) is 13.1 Å². The van der Waals surface area contributed by atoms with Crippen molar-refractivity contribution in [3.05, 3.63) is 59.7 Å². The molecule has 5 nitrogen and oxygen atoms in total. The van der Waals surface area contributed by atoms with Gasteiger partial charge in [0.15, 0.2) is 0 Å². The Morgan fingerprint density at radius 1 is 1.03 bits per heavy atom. The SMILES string of the molecule is CCC[C@@H]1c2ccc(OC)cc2CC[C@@H]1NC[C@H](NS(=O)(=O)c1ccccc1)C1CCCCC1. The fraction of sp³-hybridized carbons (Fsp3) is 0.571. The highest BCUT2D eigenvalue weighted by atomic mass is 32.2. The van der Waals surface area contributed by atoms with Crippen LogP contribution in [0.4, 0.5) is 0 Å². The Hall–Kier alpha value is -1.89. The van der Waals surface area contributed by atoms with Crippen molar-refractivity contribution in [3.63, 3.8) is 0 Å². The lowest BCUT2D eigenvalue weighted by Gasteiger charge is -2.37. The topological polar surface area (TPSA) is 67.4 Å². The maximum atomic E-state index is 13.2. The van der Waals surface area contributed by atoms with Gasteiger partial charge in [0.1, 0.15) is 5.75 Å². The summed E-state index contributed by atoms with van der Waals surface area (Å²) >= 11 is 0. The van der Waals surface area contributed by atoms with Crippen LogP contribution in [-0.2, 0) is 16.4 Å². The van der Waals surface area contributed by atoms with Crippen molar-refractivity contribution in [1.29, 1.82) is 0 Å². The number of ether oxygens (including phenoxy) is 1. The molecule has 0 amide bonds. The normalized spacial score (nSPS) is 22.2. The third-order valence-electron chi connectivity index (χ3n) is 7.74. The first-order valence-corrected chi connectivity index (χ1v) is 14.5. The molecule has 0 saturated heterocycles. The summed E-state index contributed by atoms with van der Waals surface area (Å²) in [7, 11) is -1.82. The van der Waals surface area contributed by atoms with Crippen LogP contribution in [0.2, 0.25) is 0 Å². The molecule has 6 heteroatoms. The lowest BCUT2D eigenvalue weighted by atomic mass is 9.76. The van der Waals surface area contributed by atoms with E-state index >= 15 is 0 Å². The van der Waals surface area contributed by atoms with E-state index in [4.69, 9.17) is 4.74 Å². The molecule has 2 aliphatic carbocycles. The van der Waals surface area contributed by atoms with Gasteiger partial charge in [-0.05, 0) is 79.3 Å². The van der Waals surface area contributed by atoms with Crippen molar-refractivity contribution in [3.8, 4) is 5.75 Å². The van der Waals surface area contributed by atoms with E-state index in [9.17, 15) is 8.42 Å². The van der Waals surface area contributed by atoms with E-state index in [1.54, 1.807) is 31.4 Å². The first-order valence-electron chi connectivity index (χ1n) is 13.0. The second kappa shape index (κ2) is 11.7. The van der Waals surface area contributed by atoms with Crippen LogP contribution in [0.25, 0.3) is 0 Å². The van der Waals surface area contributed by atoms with E-state index in [1.807, 2.05) is 6.07 Å². The molecule has 0 aliphatic heterocycles. The van der Waals surface area contributed by atoms with Gasteiger partial charge in [-0.2, -0.15) is 0 Å². The zero-order chi connectivity index (χ0) is 24.0. The Balaban J connectivity index is 1.50. The molecule has 0 spiro atoms. The van der Waals surface area contributed by atoms with Gasteiger partial charge >= 0.3 is 0 Å². The Bertz CT molecular complexity index is 1020. The van der Waals surface area contributed by atoms with Crippen LogP contribution in [-0.4, -0.2) is 34.2 Å². The van der Waals surface area contributed by atoms with Crippen LogP contribution in [0, 0.1) is 5.92 Å². The average Bonchev–Trinajstić information content (AvgIpc) is 2.88. The summed E-state index contributed by atoms with van der Waals surface area (Å²) in [5, 5.41) is 3.84. The second-order valence-electron chi connectivity index (χ2n) is 9.95. The van der Waals surface area contributed by atoms with Gasteiger partial charge in [0, 0.05) is 18.6 Å². The summed E-state index contributed by atoms with van der Waals surface area (Å²) in [4.78, 5) is 0.347. The van der Waals surface area contributed by atoms with Crippen molar-refractivity contribution in [1.82, 2.24) is 10.0 Å². The quantitative estimate of drug-likeness (QED) is 0.473. The van der Waals surface area contributed by atoms with E-state index in [-0.39, 0.29) is 6.04 Å². The molecule has 0 aromatic heterocycles. The maximum Gasteiger partial charge on any atom is 0.240 e. The van der Waals surface area contributed by atoms with E-state index < -0.39 is 10.0 Å². The molecule has 34 heavy (non-hydrogen) atoms. The number of sulfonamides is 1. The molecule has 0 heterocycles. The van der Waals surface area contributed by atoms with Crippen LogP contribution in [0.5, 0.6) is 5.75 Å². The van der Waals surface area contributed by atoms with E-state index in [0.29, 0.717) is 29.3 Å². The lowest BCUT2D eigenvalue weighted by Crippen LogP contribution is -2.50. The molecular weight excluding hydrogens is 444 g/mol. The maximum absolute atomic E-state index is 13.2. The van der Waals surface area contributed by atoms with Crippen molar-refractivity contribution in [2.45, 2.75) is 87.6 Å². The number of hydrogen-bond donors (Lipinski definition) is 2. The molecule has 4 rings (SSSR count). The third kappa shape index (κ3) is 6.02. The molecule has 0 radical (unpaired) electrons. The monoisotopic (exact) mass is 484 g/mol. The van der Waals surface area contributed by atoms with Gasteiger partial charge in [0.05, 0.1) is 12.0 Å². The first-order chi connectivity index (χ1) is 16.5. The van der Waals surface area contributed by atoms with Crippen LogP contribution in [0.1, 0.15) is 75.3 Å². The van der Waals surface area contributed by atoms with Crippen LogP contribution < -0.4 is 14.8 Å². The number of methoxy groups -OCH3 is 1. The van der Waals surface area contributed by atoms with Crippen LogP contribution in [0.3, 0.4) is 0 Å². The number of hydrogen-bond acceptors (Lipinski definition) is 4. The van der Waals surface area contributed by atoms with Crippen molar-refractivity contribution >= 4 is 10.0 Å². The van der Waals surface area contributed by atoms with Crippen LogP contribution >= 0.6 is 0 Å². The van der Waals surface area contributed by atoms with Gasteiger partial charge < -0.3 is 10.1 Å². The van der Waals surface area contributed by atoms with Crippen molar-refractivity contribution in [2.24, 2.45) is 5.92 Å². The summed E-state index contributed by atoms with van der Waals surface area (Å²) < 4.78 is 34.9. The van der Waals surface area contributed by atoms with Gasteiger partial charge in [-0.15, -0.1) is 0 Å². The smallest absolute Gasteiger partial charge is 0.240 e. The summed E-state index contributed by atoms with van der Waals surface area (Å²) in [6, 6.07) is 15.5. The predicted octanol–water partition coefficient (Wildman–Crippen LogP) is 5.41. The number of fused-ring (bicyclic) bond motifs is 1. The highest BCUT2D eigenvalue weighted by Gasteiger charge is 2.32. The Kier molecular flexibility index (Phi) is 8.67. The highest BCUT2D eigenvalue weighted by molar-refractivity contribution is 7.89. The zero-order valence-corrected chi connectivity index (χ0v) is 21.4. The molecular formula is C28H40N2O3S. The molecule has 2 aromatic carbocycles. The minimum atomic E-state index is -3.55. The van der Waals surface area contributed by atoms with Gasteiger partial charge in [0.2, 0.25) is 10.0 Å². The standard InChI is InChI=1S/C28H40N2O3S/c1-3-10-26-25-17-16-23(33-2)19-22(25)15-18-27(26)29-20-28(21-11-6-4-7-12-21)30-34(31,32)24-13-8-5-9-14-24/h5,8-9,13-14,16-17,19,21,26-30H,3-4,6-7,10-12,15,18,20H2,1-2H3/t26-,27+,28+/m1/s1. The lowest BCUT2D eigenvalue weighted by molar-refractivity contribution is 0.265. The van der Waals surface area contributed by atoms with E-state index in [0.717, 1.165) is 44.3 Å². The van der Waals surface area contributed by atoms with E-state index in [1.165, 1.54) is 30.4 Å². The molecule has 186 valence electrons. The zero-order valence-electron chi connectivity index (χ0n) is 20.6. The van der Waals surface area contributed by atoms with Crippen molar-refractivity contribution < 1.29 is 13.2 Å². The fourth-order valence-electron chi connectivity index (χ4n) is 5.91. The molecule has 1 saturated carbocycles. The molecule has 1 fully saturated rings. The van der Waals surface area contributed by atoms with Gasteiger partial charge in [0.25, 0.3) is 0 Å². The second-order valence-corrected chi connectivity index (χ2v) is 11.7.